The van der Waals surface area contributed by atoms with Crippen LogP contribution < -0.4 is 5.32 Å². The molecule has 0 saturated heterocycles. The van der Waals surface area contributed by atoms with Gasteiger partial charge in [0.1, 0.15) is 11.6 Å². The lowest BCUT2D eigenvalue weighted by atomic mass is 10.2. The van der Waals surface area contributed by atoms with Gasteiger partial charge >= 0.3 is 0 Å². The molecule has 0 saturated carbocycles. The summed E-state index contributed by atoms with van der Waals surface area (Å²) in [6.07, 6.45) is 5.02. The number of carbonyl (C=O) groups excluding carboxylic acids is 2. The Morgan fingerprint density at radius 1 is 1.64 bits per heavy atom. The molecule has 4 heteroatoms. The highest BCUT2D eigenvalue weighted by Crippen LogP contribution is 1.99. The summed E-state index contributed by atoms with van der Waals surface area (Å²) in [5.41, 5.74) is 0.308. The van der Waals surface area contributed by atoms with Crippen molar-refractivity contribution in [3.63, 3.8) is 0 Å². The smallest absolute Gasteiger partial charge is 0.163 e. The molecule has 0 atom stereocenters. The van der Waals surface area contributed by atoms with Gasteiger partial charge in [-0.3, -0.25) is 4.79 Å². The quantitative estimate of drug-likeness (QED) is 0.635. The lowest BCUT2D eigenvalue weighted by Crippen LogP contribution is -2.15. The van der Waals surface area contributed by atoms with Crippen LogP contribution in [0.15, 0.2) is 18.0 Å². The molecule has 1 heterocycles. The number of aliphatic hydroxyl groups is 1. The predicted octanol–water partition coefficient (Wildman–Crippen LogP) is 0.557. The number of ketones is 1. The second kappa shape index (κ2) is 8.23. The third kappa shape index (κ3) is 6.17. The molecular weight excluding hydrogens is 182 g/mol. The zero-order valence-corrected chi connectivity index (χ0v) is 8.25. The molecule has 1 aliphatic heterocycles. The van der Waals surface area contributed by atoms with Crippen LogP contribution in [0.2, 0.25) is 0 Å². The van der Waals surface area contributed by atoms with Crippen LogP contribution in [-0.2, 0) is 9.59 Å². The molecule has 0 unspecified atom stereocenters. The molecule has 0 fully saturated rings. The van der Waals surface area contributed by atoms with Gasteiger partial charge in [-0.1, -0.05) is 13.3 Å². The first kappa shape index (κ1) is 12.6. The molecule has 1 aliphatic rings. The molecule has 78 valence electrons. The monoisotopic (exact) mass is 197 g/mol. The zero-order valence-electron chi connectivity index (χ0n) is 8.25. The summed E-state index contributed by atoms with van der Waals surface area (Å²) in [4.78, 5) is 20.4. The van der Waals surface area contributed by atoms with Gasteiger partial charge in [0.05, 0.1) is 6.42 Å². The van der Waals surface area contributed by atoms with Crippen molar-refractivity contribution in [2.75, 3.05) is 6.61 Å². The summed E-state index contributed by atoms with van der Waals surface area (Å²) in [5.74, 6) is 1.55. The Morgan fingerprint density at radius 3 is 2.64 bits per heavy atom. The zero-order chi connectivity index (χ0) is 10.8. The minimum Gasteiger partial charge on any atom is -0.396 e. The molecule has 2 N–H and O–H groups in total. The van der Waals surface area contributed by atoms with Crippen molar-refractivity contribution in [2.24, 2.45) is 0 Å². The number of allylic oxidation sites excluding steroid dienone is 2. The number of carbonyl (C=O) groups is 1. The van der Waals surface area contributed by atoms with Gasteiger partial charge in [0.15, 0.2) is 5.78 Å². The van der Waals surface area contributed by atoms with Gasteiger partial charge in [0.25, 0.3) is 0 Å². The van der Waals surface area contributed by atoms with E-state index in [4.69, 9.17) is 5.11 Å². The van der Waals surface area contributed by atoms with Crippen LogP contribution in [0, 0.1) is 0 Å². The van der Waals surface area contributed by atoms with Crippen molar-refractivity contribution in [3.05, 3.63) is 18.0 Å². The van der Waals surface area contributed by atoms with E-state index in [-0.39, 0.29) is 12.2 Å². The van der Waals surface area contributed by atoms with Crippen LogP contribution in [-0.4, -0.2) is 23.4 Å². The molecule has 1 rings (SSSR count). The van der Waals surface area contributed by atoms with E-state index in [2.05, 4.69) is 12.2 Å². The number of nitrogens with one attached hydrogen (secondary N) is 1. The van der Waals surface area contributed by atoms with Gasteiger partial charge in [0, 0.05) is 12.8 Å². The van der Waals surface area contributed by atoms with Crippen LogP contribution in [0.25, 0.3) is 0 Å². The van der Waals surface area contributed by atoms with E-state index in [1.807, 2.05) is 0 Å². The van der Waals surface area contributed by atoms with Gasteiger partial charge in [-0.25, -0.2) is 4.79 Å². The van der Waals surface area contributed by atoms with Crippen LogP contribution in [0.1, 0.15) is 26.2 Å². The largest absolute Gasteiger partial charge is 0.396 e. The van der Waals surface area contributed by atoms with Crippen LogP contribution in [0.5, 0.6) is 0 Å². The molecule has 14 heavy (non-hydrogen) atoms. The summed E-state index contributed by atoms with van der Waals surface area (Å²) >= 11 is 0. The van der Waals surface area contributed by atoms with Gasteiger partial charge < -0.3 is 10.4 Å². The van der Waals surface area contributed by atoms with Gasteiger partial charge in [0.2, 0.25) is 0 Å². The van der Waals surface area contributed by atoms with Crippen molar-refractivity contribution in [1.82, 2.24) is 5.32 Å². The van der Waals surface area contributed by atoms with Crippen molar-refractivity contribution in [2.45, 2.75) is 26.2 Å². The number of unbranched alkanes of at least 4 members (excludes halogenated alkanes) is 1. The first-order valence-electron chi connectivity index (χ1n) is 4.55. The van der Waals surface area contributed by atoms with Crippen molar-refractivity contribution in [1.29, 1.82) is 0 Å². The Labute approximate surface area is 83.3 Å². The average molecular weight is 197 g/mol. The van der Waals surface area contributed by atoms with Gasteiger partial charge in [-0.2, -0.15) is 0 Å². The van der Waals surface area contributed by atoms with Crippen LogP contribution in [0.3, 0.4) is 0 Å². The summed E-state index contributed by atoms with van der Waals surface area (Å²) in [7, 11) is 0. The molecular formula is C10H15NO3. The number of hydrogen-bond acceptors (Lipinski definition) is 4. The maximum Gasteiger partial charge on any atom is 0.163 e. The van der Waals surface area contributed by atoms with Crippen molar-refractivity contribution < 1.29 is 14.7 Å². The summed E-state index contributed by atoms with van der Waals surface area (Å²) in [5, 5.41) is 10.7. The maximum atomic E-state index is 10.5. The first-order valence-corrected chi connectivity index (χ1v) is 4.55. The number of hydrogen-bond donors (Lipinski definition) is 2. The number of rotatable bonds is 2. The molecule has 0 aliphatic carbocycles. The SMILES string of the molecule is CCCCO.O=C=C1CC(=O)C=CN1. The van der Waals surface area contributed by atoms with Crippen molar-refractivity contribution >= 4 is 11.7 Å². The van der Waals surface area contributed by atoms with E-state index in [9.17, 15) is 9.59 Å². The average Bonchev–Trinajstić information content (AvgIpc) is 2.20. The summed E-state index contributed by atoms with van der Waals surface area (Å²) in [6, 6.07) is 0. The lowest BCUT2D eigenvalue weighted by molar-refractivity contribution is -0.114. The third-order valence-corrected chi connectivity index (χ3v) is 1.51. The Balaban J connectivity index is 0.000000292. The van der Waals surface area contributed by atoms with E-state index in [1.165, 1.54) is 12.3 Å². The maximum absolute atomic E-state index is 10.5. The normalized spacial score (nSPS) is 13.9. The highest BCUT2D eigenvalue weighted by molar-refractivity contribution is 5.93. The fourth-order valence-corrected chi connectivity index (χ4v) is 0.743. The van der Waals surface area contributed by atoms with Crippen LogP contribution >= 0.6 is 0 Å². The lowest BCUT2D eigenvalue weighted by Gasteiger charge is -2.03. The van der Waals surface area contributed by atoms with E-state index >= 15 is 0 Å². The topological polar surface area (TPSA) is 66.4 Å². The summed E-state index contributed by atoms with van der Waals surface area (Å²) < 4.78 is 0. The fraction of sp³-hybridized carbons (Fsp3) is 0.500. The summed E-state index contributed by atoms with van der Waals surface area (Å²) in [6.45, 7) is 2.40. The van der Waals surface area contributed by atoms with E-state index in [1.54, 1.807) is 5.94 Å². The predicted molar refractivity (Wildman–Crippen MR) is 53.1 cm³/mol. The second-order valence-corrected chi connectivity index (χ2v) is 2.78. The number of aliphatic hydroxyl groups excluding tert-OH is 1. The minimum absolute atomic E-state index is 0.0629. The van der Waals surface area contributed by atoms with Gasteiger partial charge in [-0.05, 0) is 12.5 Å². The first-order chi connectivity index (χ1) is 6.74. The Kier molecular flexibility index (Phi) is 7.42. The highest BCUT2D eigenvalue weighted by Gasteiger charge is 2.06. The highest BCUT2D eigenvalue weighted by atomic mass is 16.2. The minimum atomic E-state index is -0.0629. The van der Waals surface area contributed by atoms with Gasteiger partial charge in [-0.15, -0.1) is 0 Å². The molecule has 0 bridgehead atoms. The molecule has 0 radical (unpaired) electrons. The molecule has 0 aromatic heterocycles. The van der Waals surface area contributed by atoms with Crippen LogP contribution in [0.4, 0.5) is 0 Å². The Morgan fingerprint density at radius 2 is 2.36 bits per heavy atom. The Hall–Kier alpha value is -1.38. The molecule has 0 aromatic carbocycles. The molecule has 0 spiro atoms. The van der Waals surface area contributed by atoms with E-state index < -0.39 is 0 Å². The third-order valence-electron chi connectivity index (χ3n) is 1.51. The second-order valence-electron chi connectivity index (χ2n) is 2.78. The molecule has 4 nitrogen and oxygen atoms in total. The van der Waals surface area contributed by atoms with E-state index in [0.29, 0.717) is 12.3 Å². The fourth-order valence-electron chi connectivity index (χ4n) is 0.743. The molecule has 0 aromatic rings. The van der Waals surface area contributed by atoms with Crippen molar-refractivity contribution in [3.8, 4) is 0 Å². The standard InChI is InChI=1S/C6H5NO2.C4H10O/c8-4-5-3-6(9)1-2-7-5;1-2-3-4-5/h1-2,7H,3H2;5H,2-4H2,1H3. The molecule has 0 amide bonds. The Bertz CT molecular complexity index is 250. The van der Waals surface area contributed by atoms with E-state index in [0.717, 1.165) is 12.8 Å².